The average Bonchev–Trinajstić information content (AvgIpc) is 2.85. The van der Waals surface area contributed by atoms with Crippen molar-refractivity contribution in [1.82, 2.24) is 4.98 Å². The molecule has 0 radical (unpaired) electrons. The van der Waals surface area contributed by atoms with Gasteiger partial charge < -0.3 is 19.4 Å². The van der Waals surface area contributed by atoms with E-state index in [1.54, 1.807) is 18.2 Å². The summed E-state index contributed by atoms with van der Waals surface area (Å²) in [6, 6.07) is 5.07. The highest BCUT2D eigenvalue weighted by atomic mass is 32.2. The zero-order valence-electron chi connectivity index (χ0n) is 17.6. The summed E-state index contributed by atoms with van der Waals surface area (Å²) in [7, 11) is -0.606. The van der Waals surface area contributed by atoms with Gasteiger partial charge in [-0.05, 0) is 50.9 Å². The van der Waals surface area contributed by atoms with Gasteiger partial charge in [0, 0.05) is 29.8 Å². The Balaban J connectivity index is 2.01. The molecule has 3 rings (SSSR count). The lowest BCUT2D eigenvalue weighted by Crippen LogP contribution is -2.41. The third-order valence-electron chi connectivity index (χ3n) is 5.49. The Kier molecular flexibility index (Phi) is 6.00. The molecule has 158 valence electrons. The first-order valence-electron chi connectivity index (χ1n) is 9.49. The van der Waals surface area contributed by atoms with E-state index in [-0.39, 0.29) is 10.7 Å². The monoisotopic (exact) mass is 429 g/mol. The van der Waals surface area contributed by atoms with Gasteiger partial charge in [-0.25, -0.2) is 4.79 Å². The summed E-state index contributed by atoms with van der Waals surface area (Å²) in [4.78, 5) is 37.9. The molecule has 0 saturated carbocycles. The van der Waals surface area contributed by atoms with Crippen LogP contribution in [0.5, 0.6) is 0 Å². The molecule has 2 heterocycles. The summed E-state index contributed by atoms with van der Waals surface area (Å²) in [6.45, 7) is 9.35. The number of carbonyl (C=O) groups is 2. The first-order valence-corrected chi connectivity index (χ1v) is 10.5. The number of pyridine rings is 1. The second kappa shape index (κ2) is 8.05. The molecule has 1 aliphatic heterocycles. The van der Waals surface area contributed by atoms with Gasteiger partial charge in [0.25, 0.3) is 0 Å². The minimum Gasteiger partial charge on any atom is -0.477 e. The first-order chi connectivity index (χ1) is 13.9. The van der Waals surface area contributed by atoms with Crippen molar-refractivity contribution in [3.8, 4) is 0 Å². The van der Waals surface area contributed by atoms with E-state index in [1.807, 2.05) is 33.8 Å². The molecule has 9 heteroatoms. The van der Waals surface area contributed by atoms with Gasteiger partial charge in [0.05, 0.1) is 11.2 Å². The molecule has 0 amide bonds. The van der Waals surface area contributed by atoms with E-state index in [2.05, 4.69) is 4.98 Å². The maximum atomic E-state index is 12.3. The predicted octanol–water partition coefficient (Wildman–Crippen LogP) is 3.52. The van der Waals surface area contributed by atoms with Crippen LogP contribution in [0.1, 0.15) is 50.5 Å². The van der Waals surface area contributed by atoms with Gasteiger partial charge >= 0.3 is 13.1 Å². The fourth-order valence-electron chi connectivity index (χ4n) is 3.06. The minimum absolute atomic E-state index is 0.0125. The standard InChI is InChI=1S/C21H24BNO6S/c1-12(24)30-11-14(22-28-20(2,3)21(4,5)29-22)8-13-6-7-15-17(9-13)23-10-16(18(15)25)19(26)27/h6-10H,11H2,1-5H3,(H,23,25)(H,26,27). The van der Waals surface area contributed by atoms with Crippen molar-refractivity contribution < 1.29 is 24.0 Å². The topological polar surface area (TPSA) is 106 Å². The number of thioether (sulfide) groups is 1. The smallest absolute Gasteiger partial charge is 0.477 e. The van der Waals surface area contributed by atoms with Crippen LogP contribution in [0.4, 0.5) is 0 Å². The van der Waals surface area contributed by atoms with E-state index in [0.717, 1.165) is 11.0 Å². The second-order valence-electron chi connectivity index (χ2n) is 8.23. The molecule has 0 spiro atoms. The quantitative estimate of drug-likeness (QED) is 0.701. The van der Waals surface area contributed by atoms with Gasteiger partial charge in [-0.1, -0.05) is 23.9 Å². The van der Waals surface area contributed by atoms with Gasteiger partial charge in [0.1, 0.15) is 5.56 Å². The number of nitrogens with one attached hydrogen (secondary N) is 1. The molecule has 1 aromatic carbocycles. The average molecular weight is 429 g/mol. The number of aromatic amines is 1. The highest BCUT2D eigenvalue weighted by molar-refractivity contribution is 8.13. The van der Waals surface area contributed by atoms with Gasteiger partial charge in [0.2, 0.25) is 5.43 Å². The molecule has 30 heavy (non-hydrogen) atoms. The molecule has 1 fully saturated rings. The number of fused-ring (bicyclic) bond motifs is 1. The summed E-state index contributed by atoms with van der Waals surface area (Å²) >= 11 is 1.17. The van der Waals surface area contributed by atoms with E-state index < -0.39 is 29.7 Å². The van der Waals surface area contributed by atoms with Crippen LogP contribution in [0.15, 0.2) is 34.7 Å². The van der Waals surface area contributed by atoms with Crippen LogP contribution in [0, 0.1) is 0 Å². The zero-order valence-corrected chi connectivity index (χ0v) is 18.4. The van der Waals surface area contributed by atoms with E-state index in [1.165, 1.54) is 24.9 Å². The van der Waals surface area contributed by atoms with Gasteiger partial charge in [-0.15, -0.1) is 0 Å². The number of aromatic nitrogens is 1. The molecular weight excluding hydrogens is 405 g/mol. The second-order valence-corrected chi connectivity index (χ2v) is 9.38. The summed E-state index contributed by atoms with van der Waals surface area (Å²) in [5.74, 6) is -0.870. The van der Waals surface area contributed by atoms with E-state index in [9.17, 15) is 14.4 Å². The summed E-state index contributed by atoms with van der Waals surface area (Å²) in [5.41, 5.74) is 0.213. The molecule has 2 N–H and O–H groups in total. The van der Waals surface area contributed by atoms with E-state index in [4.69, 9.17) is 14.4 Å². The van der Waals surface area contributed by atoms with Gasteiger partial charge in [-0.2, -0.15) is 0 Å². The number of benzene rings is 1. The Bertz CT molecular complexity index is 1090. The minimum atomic E-state index is -1.27. The molecular formula is C21H24BNO6S. The third-order valence-corrected chi connectivity index (χ3v) is 6.37. The lowest BCUT2D eigenvalue weighted by Gasteiger charge is -2.32. The number of carboxylic acids is 1. The number of aromatic carboxylic acids is 1. The molecule has 7 nitrogen and oxygen atoms in total. The fourth-order valence-corrected chi connectivity index (χ4v) is 3.65. The summed E-state index contributed by atoms with van der Waals surface area (Å²) < 4.78 is 12.3. The Hall–Kier alpha value is -2.36. The number of carbonyl (C=O) groups excluding carboxylic acids is 1. The predicted molar refractivity (Wildman–Crippen MR) is 119 cm³/mol. The van der Waals surface area contributed by atoms with Crippen molar-refractivity contribution in [2.75, 3.05) is 5.75 Å². The van der Waals surface area contributed by atoms with Crippen LogP contribution in [0.25, 0.3) is 17.0 Å². The zero-order chi connectivity index (χ0) is 22.3. The fraction of sp³-hybridized carbons (Fsp3) is 0.381. The van der Waals surface area contributed by atoms with Crippen molar-refractivity contribution in [3.63, 3.8) is 0 Å². The van der Waals surface area contributed by atoms with Crippen molar-refractivity contribution in [2.24, 2.45) is 0 Å². The Morgan fingerprint density at radius 3 is 2.40 bits per heavy atom. The normalized spacial score (nSPS) is 18.0. The maximum absolute atomic E-state index is 12.3. The molecule has 0 aliphatic carbocycles. The highest BCUT2D eigenvalue weighted by Gasteiger charge is 2.52. The van der Waals surface area contributed by atoms with Crippen molar-refractivity contribution in [2.45, 2.75) is 45.8 Å². The van der Waals surface area contributed by atoms with Crippen LogP contribution in [0.2, 0.25) is 0 Å². The van der Waals surface area contributed by atoms with Crippen LogP contribution in [-0.4, -0.2) is 45.2 Å². The van der Waals surface area contributed by atoms with Crippen molar-refractivity contribution in [1.29, 1.82) is 0 Å². The maximum Gasteiger partial charge on any atom is 0.491 e. The Morgan fingerprint density at radius 1 is 1.20 bits per heavy atom. The molecule has 0 bridgehead atoms. The van der Waals surface area contributed by atoms with E-state index >= 15 is 0 Å². The Labute approximate surface area is 179 Å². The highest BCUT2D eigenvalue weighted by Crippen LogP contribution is 2.39. The van der Waals surface area contributed by atoms with E-state index in [0.29, 0.717) is 16.7 Å². The number of carboxylic acid groups (broad SMARTS) is 1. The van der Waals surface area contributed by atoms with Crippen molar-refractivity contribution >= 4 is 46.9 Å². The lowest BCUT2D eigenvalue weighted by molar-refractivity contribution is -0.109. The number of hydrogen-bond acceptors (Lipinski definition) is 6. The summed E-state index contributed by atoms with van der Waals surface area (Å²) in [6.07, 6.45) is 3.07. The largest absolute Gasteiger partial charge is 0.491 e. The molecule has 0 unspecified atom stereocenters. The Morgan fingerprint density at radius 2 is 1.83 bits per heavy atom. The molecule has 0 atom stereocenters. The van der Waals surface area contributed by atoms with Crippen LogP contribution < -0.4 is 5.43 Å². The van der Waals surface area contributed by atoms with Crippen molar-refractivity contribution in [3.05, 3.63) is 51.2 Å². The number of rotatable bonds is 5. The van der Waals surface area contributed by atoms with Crippen LogP contribution in [-0.2, 0) is 14.1 Å². The SMILES string of the molecule is CC(=O)SCC(=Cc1ccc2c(=O)c(C(=O)O)c[nH]c2c1)B1OC(C)(C)C(C)(C)O1. The lowest BCUT2D eigenvalue weighted by atomic mass is 9.78. The summed E-state index contributed by atoms with van der Waals surface area (Å²) in [5, 5.41) is 9.40. The molecule has 1 saturated heterocycles. The van der Waals surface area contributed by atoms with Crippen LogP contribution in [0.3, 0.4) is 0 Å². The van der Waals surface area contributed by atoms with Gasteiger partial charge in [0.15, 0.2) is 5.12 Å². The number of H-pyrrole nitrogens is 1. The number of hydrogen-bond donors (Lipinski definition) is 2. The van der Waals surface area contributed by atoms with Gasteiger partial charge in [-0.3, -0.25) is 9.59 Å². The third kappa shape index (κ3) is 4.38. The van der Waals surface area contributed by atoms with Crippen LogP contribution >= 0.6 is 11.8 Å². The molecule has 2 aromatic rings. The first kappa shape index (κ1) is 22.3. The molecule has 1 aromatic heterocycles. The molecule has 1 aliphatic rings.